The van der Waals surface area contributed by atoms with Crippen LogP contribution in [0, 0.1) is 6.92 Å². The number of aryl methyl sites for hydroxylation is 1. The third kappa shape index (κ3) is 7.85. The number of aromatic nitrogens is 3. The van der Waals surface area contributed by atoms with Crippen molar-refractivity contribution in [3.8, 4) is 11.5 Å². The summed E-state index contributed by atoms with van der Waals surface area (Å²) in [5.74, 6) is 2.10. The van der Waals surface area contributed by atoms with Gasteiger partial charge < -0.3 is 20.1 Å². The molecule has 0 fully saturated rings. The number of carbonyl (C=O) groups is 1. The van der Waals surface area contributed by atoms with E-state index < -0.39 is 6.04 Å². The van der Waals surface area contributed by atoms with E-state index in [-0.39, 0.29) is 5.91 Å². The Morgan fingerprint density at radius 2 is 1.93 bits per heavy atom. The van der Waals surface area contributed by atoms with Gasteiger partial charge in [-0.3, -0.25) is 4.79 Å². The van der Waals surface area contributed by atoms with Crippen molar-refractivity contribution in [2.75, 3.05) is 24.4 Å². The molecule has 5 rings (SSSR count). The molecule has 45 heavy (non-hydrogen) atoms. The molecule has 236 valence electrons. The number of fused-ring (bicyclic) bond motifs is 1. The first-order valence-electron chi connectivity index (χ1n) is 15.0. The van der Waals surface area contributed by atoms with E-state index in [1.165, 1.54) is 18.2 Å². The summed E-state index contributed by atoms with van der Waals surface area (Å²) in [6.45, 7) is 6.65. The zero-order valence-electron chi connectivity index (χ0n) is 25.8. The second-order valence-corrected chi connectivity index (χ2v) is 13.1. The van der Waals surface area contributed by atoms with Gasteiger partial charge >= 0.3 is 0 Å². The maximum absolute atomic E-state index is 14.0. The van der Waals surface area contributed by atoms with E-state index in [9.17, 15) is 4.79 Å². The van der Waals surface area contributed by atoms with Gasteiger partial charge in [-0.2, -0.15) is 4.98 Å². The molecule has 0 radical (unpaired) electrons. The summed E-state index contributed by atoms with van der Waals surface area (Å²) in [4.78, 5) is 18.8. The van der Waals surface area contributed by atoms with E-state index in [1.54, 1.807) is 11.8 Å². The van der Waals surface area contributed by atoms with E-state index in [1.807, 2.05) is 74.5 Å². The quantitative estimate of drug-likeness (QED) is 0.106. The number of benzene rings is 3. The van der Waals surface area contributed by atoms with Gasteiger partial charge in [0, 0.05) is 22.2 Å². The number of amides is 1. The van der Waals surface area contributed by atoms with Crippen molar-refractivity contribution in [1.29, 1.82) is 0 Å². The summed E-state index contributed by atoms with van der Waals surface area (Å²) >= 11 is 11.6. The van der Waals surface area contributed by atoms with Crippen molar-refractivity contribution in [2.45, 2.75) is 63.4 Å². The summed E-state index contributed by atoms with van der Waals surface area (Å²) in [6.07, 6.45) is 4.41. The van der Waals surface area contributed by atoms with Gasteiger partial charge in [0.25, 0.3) is 5.91 Å². The topological polar surface area (TPSA) is 90.3 Å². The Hall–Kier alpha value is -3.47. The zero-order valence-corrected chi connectivity index (χ0v) is 29.0. The van der Waals surface area contributed by atoms with Crippen LogP contribution in [0.25, 0.3) is 0 Å². The molecule has 2 heterocycles. The molecule has 8 nitrogen and oxygen atoms in total. The average molecular weight is 711 g/mol. The number of halogens is 2. The monoisotopic (exact) mass is 709 g/mol. The van der Waals surface area contributed by atoms with E-state index in [0.29, 0.717) is 56.9 Å². The van der Waals surface area contributed by atoms with Crippen molar-refractivity contribution in [1.82, 2.24) is 14.8 Å². The minimum Gasteiger partial charge on any atom is -0.493 e. The molecule has 3 aromatic carbocycles. The Bertz CT molecular complexity index is 1710. The summed E-state index contributed by atoms with van der Waals surface area (Å²) in [5, 5.41) is 12.6. The number of allylic oxidation sites excluding steroid dienone is 1. The number of ether oxygens (including phenoxy) is 2. The number of methoxy groups -OCH3 is 1. The molecule has 0 saturated carbocycles. The van der Waals surface area contributed by atoms with Gasteiger partial charge in [0.05, 0.1) is 23.8 Å². The first kappa shape index (κ1) is 32.9. The number of rotatable bonds is 13. The van der Waals surface area contributed by atoms with Crippen LogP contribution in [0.5, 0.6) is 11.5 Å². The van der Waals surface area contributed by atoms with Crippen LogP contribution < -0.4 is 20.1 Å². The maximum atomic E-state index is 14.0. The summed E-state index contributed by atoms with van der Waals surface area (Å²) < 4.78 is 14.5. The van der Waals surface area contributed by atoms with Crippen LogP contribution in [0.1, 0.15) is 62.3 Å². The Labute approximate surface area is 282 Å². The van der Waals surface area contributed by atoms with Crippen LogP contribution in [0.3, 0.4) is 0 Å². The largest absolute Gasteiger partial charge is 0.493 e. The van der Waals surface area contributed by atoms with Gasteiger partial charge in [-0.25, -0.2) is 4.68 Å². The van der Waals surface area contributed by atoms with Crippen molar-refractivity contribution < 1.29 is 14.3 Å². The van der Waals surface area contributed by atoms with Crippen LogP contribution >= 0.6 is 39.3 Å². The lowest BCUT2D eigenvalue weighted by Crippen LogP contribution is -2.31. The molecule has 0 spiro atoms. The lowest BCUT2D eigenvalue weighted by atomic mass is 9.94. The SMILES string of the molecule is CCCCCCOc1c(Br)cc(C2C(C(=O)Nc3cccc(C)c3)=C(C)Nc3nc(SCc4ccccc4Cl)nn32)cc1OC. The zero-order chi connectivity index (χ0) is 31.9. The normalized spacial score (nSPS) is 14.1. The van der Waals surface area contributed by atoms with E-state index in [4.69, 9.17) is 31.2 Å². The molecule has 0 saturated heterocycles. The first-order chi connectivity index (χ1) is 21.8. The molecule has 1 aliphatic heterocycles. The highest BCUT2D eigenvalue weighted by Gasteiger charge is 2.35. The number of nitrogens with one attached hydrogen (secondary N) is 2. The van der Waals surface area contributed by atoms with Gasteiger partial charge in [0.1, 0.15) is 6.04 Å². The Kier molecular flexibility index (Phi) is 11.1. The number of thioether (sulfide) groups is 1. The molecule has 1 unspecified atom stereocenters. The van der Waals surface area contributed by atoms with Crippen molar-refractivity contribution in [3.05, 3.63) is 98.1 Å². The molecular weight excluding hydrogens is 674 g/mol. The number of carbonyl (C=O) groups excluding carboxylic acids is 1. The molecule has 1 atom stereocenters. The molecule has 2 N–H and O–H groups in total. The van der Waals surface area contributed by atoms with Gasteiger partial charge in [0.15, 0.2) is 11.5 Å². The average Bonchev–Trinajstić information content (AvgIpc) is 3.42. The lowest BCUT2D eigenvalue weighted by Gasteiger charge is -2.29. The number of hydrogen-bond acceptors (Lipinski definition) is 7. The summed E-state index contributed by atoms with van der Waals surface area (Å²) in [5.41, 5.74) is 4.74. The van der Waals surface area contributed by atoms with Crippen molar-refractivity contribution in [2.24, 2.45) is 0 Å². The number of unbranched alkanes of at least 4 members (excludes halogenated alkanes) is 3. The predicted molar refractivity (Wildman–Crippen MR) is 186 cm³/mol. The highest BCUT2D eigenvalue weighted by molar-refractivity contribution is 9.10. The summed E-state index contributed by atoms with van der Waals surface area (Å²) in [7, 11) is 1.62. The fourth-order valence-electron chi connectivity index (χ4n) is 5.21. The highest BCUT2D eigenvalue weighted by atomic mass is 79.9. The second-order valence-electron chi connectivity index (χ2n) is 10.9. The van der Waals surface area contributed by atoms with Gasteiger partial charge in [-0.05, 0) is 83.2 Å². The molecule has 4 aromatic rings. The van der Waals surface area contributed by atoms with Gasteiger partial charge in [0.2, 0.25) is 11.1 Å². The molecule has 1 aliphatic rings. The minimum absolute atomic E-state index is 0.242. The lowest BCUT2D eigenvalue weighted by molar-refractivity contribution is -0.113. The number of anilines is 2. The molecule has 0 bridgehead atoms. The van der Waals surface area contributed by atoms with Crippen LogP contribution in [0.4, 0.5) is 11.6 Å². The Morgan fingerprint density at radius 1 is 1.11 bits per heavy atom. The number of nitrogens with zero attached hydrogens (tertiary/aromatic N) is 3. The second kappa shape index (κ2) is 15.2. The van der Waals surface area contributed by atoms with Crippen LogP contribution in [0.15, 0.2) is 81.6 Å². The molecular formula is C34H37BrClN5O3S. The van der Waals surface area contributed by atoms with E-state index in [2.05, 4.69) is 33.5 Å². The highest BCUT2D eigenvalue weighted by Crippen LogP contribution is 2.43. The van der Waals surface area contributed by atoms with Gasteiger partial charge in [-0.1, -0.05) is 79.9 Å². The fourth-order valence-corrected chi connectivity index (χ4v) is 6.90. The van der Waals surface area contributed by atoms with Crippen LogP contribution in [0.2, 0.25) is 5.02 Å². The predicted octanol–water partition coefficient (Wildman–Crippen LogP) is 9.19. The minimum atomic E-state index is -0.600. The Morgan fingerprint density at radius 3 is 2.69 bits per heavy atom. The Balaban J connectivity index is 1.51. The maximum Gasteiger partial charge on any atom is 0.255 e. The molecule has 0 aliphatic carbocycles. The third-order valence-electron chi connectivity index (χ3n) is 7.48. The fraction of sp³-hybridized carbons (Fsp3) is 0.324. The molecule has 11 heteroatoms. The standard InChI is InChI=1S/C34H37BrClN5O3S/c1-5-6-7-10-16-44-31-26(35)18-24(19-28(31)43-4)30-29(32(42)38-25-14-11-12-21(2)17-25)22(3)37-33-39-34(40-41(30)33)45-20-23-13-8-9-15-27(23)36/h8-9,11-15,17-19,30H,5-7,10,16,20H2,1-4H3,(H,38,42)(H,37,39,40). The van der Waals surface area contributed by atoms with Gasteiger partial charge in [-0.15, -0.1) is 5.10 Å². The summed E-state index contributed by atoms with van der Waals surface area (Å²) in [6, 6.07) is 18.7. The van der Waals surface area contributed by atoms with Crippen LogP contribution in [-0.2, 0) is 10.5 Å². The van der Waals surface area contributed by atoms with Crippen molar-refractivity contribution >= 4 is 56.8 Å². The smallest absolute Gasteiger partial charge is 0.255 e. The third-order valence-corrected chi connectivity index (χ3v) is 9.32. The van der Waals surface area contributed by atoms with E-state index >= 15 is 0 Å². The molecule has 1 aromatic heterocycles. The van der Waals surface area contributed by atoms with Crippen LogP contribution in [-0.4, -0.2) is 34.4 Å². The van der Waals surface area contributed by atoms with Crippen molar-refractivity contribution in [3.63, 3.8) is 0 Å². The first-order valence-corrected chi connectivity index (χ1v) is 17.1. The number of hydrogen-bond donors (Lipinski definition) is 2. The van der Waals surface area contributed by atoms with E-state index in [0.717, 1.165) is 40.4 Å². The molecule has 1 amide bonds.